The minimum atomic E-state index is -0.393. The number of methoxy groups -OCH3 is 2. The Hall–Kier alpha value is -4.07. The molecule has 0 aliphatic carbocycles. The number of aromatic nitrogens is 3. The van der Waals surface area contributed by atoms with Crippen LogP contribution < -0.4 is 14.8 Å². The summed E-state index contributed by atoms with van der Waals surface area (Å²) < 4.78 is 27.6. The molecule has 152 valence electrons. The van der Waals surface area contributed by atoms with E-state index in [2.05, 4.69) is 10.4 Å². The molecule has 4 rings (SSSR count). The van der Waals surface area contributed by atoms with Crippen molar-refractivity contribution in [1.82, 2.24) is 14.3 Å². The molecule has 0 radical (unpaired) electrons. The number of ether oxygens (including phenoxy) is 2. The van der Waals surface area contributed by atoms with Crippen LogP contribution in [0, 0.1) is 5.82 Å². The number of amides is 1. The van der Waals surface area contributed by atoms with Crippen molar-refractivity contribution in [2.75, 3.05) is 19.5 Å². The fourth-order valence-corrected chi connectivity index (χ4v) is 3.11. The van der Waals surface area contributed by atoms with Crippen LogP contribution >= 0.6 is 0 Å². The average Bonchev–Trinajstić information content (AvgIpc) is 3.43. The molecule has 1 amide bonds. The number of carbonyl (C=O) groups excluding carboxylic acids is 1. The Morgan fingerprint density at radius 1 is 1.03 bits per heavy atom. The molecule has 0 unspecified atom stereocenters. The Bertz CT molecular complexity index is 1190. The maximum atomic E-state index is 13.8. The first-order valence-corrected chi connectivity index (χ1v) is 9.11. The molecule has 0 aliphatic heterocycles. The van der Waals surface area contributed by atoms with Crippen molar-refractivity contribution in [3.8, 4) is 23.0 Å². The highest BCUT2D eigenvalue weighted by atomic mass is 19.1. The monoisotopic (exact) mass is 406 g/mol. The Balaban J connectivity index is 1.75. The SMILES string of the molecule is COc1ccc(NC(=O)c2cnn(-c3cccc(F)c3)c2-n2cccc2)c(OC)c1. The molecule has 8 heteroatoms. The Morgan fingerprint density at radius 3 is 2.53 bits per heavy atom. The zero-order chi connectivity index (χ0) is 21.1. The Labute approximate surface area is 172 Å². The summed E-state index contributed by atoms with van der Waals surface area (Å²) in [6.45, 7) is 0. The molecule has 0 bridgehead atoms. The lowest BCUT2D eigenvalue weighted by molar-refractivity contribution is 0.102. The van der Waals surface area contributed by atoms with Crippen LogP contribution in [0.4, 0.5) is 10.1 Å². The second kappa shape index (κ2) is 8.12. The van der Waals surface area contributed by atoms with Gasteiger partial charge in [0.25, 0.3) is 5.91 Å². The van der Waals surface area contributed by atoms with E-state index in [1.165, 1.54) is 30.1 Å². The van der Waals surface area contributed by atoms with Gasteiger partial charge < -0.3 is 19.4 Å². The second-order valence-electron chi connectivity index (χ2n) is 6.38. The smallest absolute Gasteiger partial charge is 0.261 e. The fraction of sp³-hybridized carbons (Fsp3) is 0.0909. The van der Waals surface area contributed by atoms with E-state index in [1.807, 2.05) is 12.1 Å². The van der Waals surface area contributed by atoms with E-state index in [1.54, 1.807) is 54.4 Å². The number of nitrogens with one attached hydrogen (secondary N) is 1. The van der Waals surface area contributed by atoms with Crippen LogP contribution in [-0.4, -0.2) is 34.5 Å². The lowest BCUT2D eigenvalue weighted by Gasteiger charge is -2.13. The van der Waals surface area contributed by atoms with Crippen molar-refractivity contribution in [1.29, 1.82) is 0 Å². The van der Waals surface area contributed by atoms with Crippen LogP contribution in [-0.2, 0) is 0 Å². The number of carbonyl (C=O) groups is 1. The van der Waals surface area contributed by atoms with Crippen molar-refractivity contribution < 1.29 is 18.7 Å². The van der Waals surface area contributed by atoms with Gasteiger partial charge in [0.15, 0.2) is 5.82 Å². The maximum absolute atomic E-state index is 13.8. The minimum Gasteiger partial charge on any atom is -0.497 e. The van der Waals surface area contributed by atoms with Gasteiger partial charge in [0.1, 0.15) is 22.9 Å². The van der Waals surface area contributed by atoms with Crippen molar-refractivity contribution in [3.05, 3.63) is 84.6 Å². The summed E-state index contributed by atoms with van der Waals surface area (Å²) in [6.07, 6.45) is 5.03. The van der Waals surface area contributed by atoms with Crippen molar-refractivity contribution >= 4 is 11.6 Å². The van der Waals surface area contributed by atoms with E-state index >= 15 is 0 Å². The normalized spacial score (nSPS) is 10.6. The van der Waals surface area contributed by atoms with E-state index in [0.717, 1.165) is 0 Å². The first kappa shape index (κ1) is 19.3. The van der Waals surface area contributed by atoms with Crippen LogP contribution in [0.2, 0.25) is 0 Å². The number of anilines is 1. The molecule has 0 saturated heterocycles. The molecule has 1 N–H and O–H groups in total. The standard InChI is InChI=1S/C22H19FN4O3/c1-29-17-8-9-19(20(13-17)30-2)25-21(28)18-14-24-27(16-7-5-6-15(23)12-16)22(18)26-10-3-4-11-26/h3-14H,1-2H3,(H,25,28). The molecule has 2 aromatic carbocycles. The van der Waals surface area contributed by atoms with Crippen molar-refractivity contribution in [2.24, 2.45) is 0 Å². The summed E-state index contributed by atoms with van der Waals surface area (Å²) >= 11 is 0. The van der Waals surface area contributed by atoms with Gasteiger partial charge in [-0.1, -0.05) is 6.07 Å². The highest BCUT2D eigenvalue weighted by molar-refractivity contribution is 6.07. The van der Waals surface area contributed by atoms with Gasteiger partial charge in [-0.25, -0.2) is 9.07 Å². The van der Waals surface area contributed by atoms with Crippen molar-refractivity contribution in [3.63, 3.8) is 0 Å². The minimum absolute atomic E-state index is 0.313. The molecule has 4 aromatic rings. The summed E-state index contributed by atoms with van der Waals surface area (Å²) in [4.78, 5) is 13.1. The van der Waals surface area contributed by atoms with Crippen molar-refractivity contribution in [2.45, 2.75) is 0 Å². The van der Waals surface area contributed by atoms with Crippen LogP contribution in [0.3, 0.4) is 0 Å². The number of hydrogen-bond acceptors (Lipinski definition) is 4. The van der Waals surface area contributed by atoms with Gasteiger partial charge in [-0.2, -0.15) is 5.10 Å². The Kier molecular flexibility index (Phi) is 5.21. The predicted octanol–water partition coefficient (Wildman–Crippen LogP) is 4.07. The first-order chi connectivity index (χ1) is 14.6. The number of benzene rings is 2. The first-order valence-electron chi connectivity index (χ1n) is 9.11. The van der Waals surface area contributed by atoms with Gasteiger partial charge in [-0.15, -0.1) is 0 Å². The zero-order valence-electron chi connectivity index (χ0n) is 16.4. The van der Waals surface area contributed by atoms with Gasteiger partial charge in [0, 0.05) is 18.5 Å². The largest absolute Gasteiger partial charge is 0.497 e. The van der Waals surface area contributed by atoms with Crippen LogP contribution in [0.15, 0.2) is 73.2 Å². The van der Waals surface area contributed by atoms with Gasteiger partial charge in [0.05, 0.1) is 31.8 Å². The molecule has 2 aromatic heterocycles. The average molecular weight is 406 g/mol. The molecular formula is C22H19FN4O3. The Morgan fingerprint density at radius 2 is 1.83 bits per heavy atom. The van der Waals surface area contributed by atoms with E-state index in [9.17, 15) is 9.18 Å². The van der Waals surface area contributed by atoms with Gasteiger partial charge >= 0.3 is 0 Å². The topological polar surface area (TPSA) is 70.3 Å². The highest BCUT2D eigenvalue weighted by Gasteiger charge is 2.21. The molecule has 30 heavy (non-hydrogen) atoms. The van der Waals surface area contributed by atoms with E-state index in [4.69, 9.17) is 9.47 Å². The van der Waals surface area contributed by atoms with Crippen LogP contribution in [0.25, 0.3) is 11.5 Å². The third-order valence-corrected chi connectivity index (χ3v) is 4.55. The van der Waals surface area contributed by atoms with E-state index in [-0.39, 0.29) is 5.91 Å². The summed E-state index contributed by atoms with van der Waals surface area (Å²) in [6, 6.07) is 14.8. The number of hydrogen-bond donors (Lipinski definition) is 1. The molecule has 0 fully saturated rings. The lowest BCUT2D eigenvalue weighted by Crippen LogP contribution is -2.16. The molecule has 0 aliphatic rings. The summed E-state index contributed by atoms with van der Waals surface area (Å²) in [5.41, 5.74) is 1.30. The second-order valence-corrected chi connectivity index (χ2v) is 6.38. The van der Waals surface area contributed by atoms with Gasteiger partial charge in [-0.05, 0) is 42.5 Å². The van der Waals surface area contributed by atoms with E-state index < -0.39 is 5.82 Å². The fourth-order valence-electron chi connectivity index (χ4n) is 3.11. The highest BCUT2D eigenvalue weighted by Crippen LogP contribution is 2.30. The lowest BCUT2D eigenvalue weighted by atomic mass is 10.2. The van der Waals surface area contributed by atoms with Crippen LogP contribution in [0.1, 0.15) is 10.4 Å². The third kappa shape index (κ3) is 3.62. The van der Waals surface area contributed by atoms with E-state index in [0.29, 0.717) is 34.3 Å². The summed E-state index contributed by atoms with van der Waals surface area (Å²) in [5.74, 6) is 0.773. The zero-order valence-corrected chi connectivity index (χ0v) is 16.4. The molecule has 0 atom stereocenters. The predicted molar refractivity (Wildman–Crippen MR) is 110 cm³/mol. The molecule has 7 nitrogen and oxygen atoms in total. The van der Waals surface area contributed by atoms with Gasteiger partial charge in [0.2, 0.25) is 0 Å². The molecule has 0 saturated carbocycles. The maximum Gasteiger partial charge on any atom is 0.261 e. The van der Waals surface area contributed by atoms with Crippen LogP contribution in [0.5, 0.6) is 11.5 Å². The molecular weight excluding hydrogens is 387 g/mol. The molecule has 2 heterocycles. The number of rotatable bonds is 6. The molecule has 0 spiro atoms. The number of nitrogens with zero attached hydrogens (tertiary/aromatic N) is 3. The summed E-state index contributed by atoms with van der Waals surface area (Å²) in [7, 11) is 3.06. The third-order valence-electron chi connectivity index (χ3n) is 4.55. The number of halogens is 1. The quantitative estimate of drug-likeness (QED) is 0.524. The van der Waals surface area contributed by atoms with Gasteiger partial charge in [-0.3, -0.25) is 4.79 Å². The summed E-state index contributed by atoms with van der Waals surface area (Å²) in [5, 5.41) is 7.18.